The van der Waals surface area contributed by atoms with Gasteiger partial charge in [0.2, 0.25) is 11.8 Å². The summed E-state index contributed by atoms with van der Waals surface area (Å²) < 4.78 is 5.55. The number of nitrogens with zero attached hydrogens (tertiary/aromatic N) is 4. The van der Waals surface area contributed by atoms with Crippen LogP contribution in [0.4, 0.5) is 5.82 Å². The Labute approximate surface area is 181 Å². The third-order valence-corrected chi connectivity index (χ3v) is 7.09. The second-order valence-electron chi connectivity index (χ2n) is 8.99. The van der Waals surface area contributed by atoms with Crippen molar-refractivity contribution in [3.05, 3.63) is 36.5 Å². The van der Waals surface area contributed by atoms with Gasteiger partial charge in [0.25, 0.3) is 0 Å². The highest BCUT2D eigenvalue weighted by Gasteiger charge is 2.59. The molecular formula is C23H28N4O4. The summed E-state index contributed by atoms with van der Waals surface area (Å²) in [5, 5.41) is 0. The number of likely N-dealkylation sites (tertiary alicyclic amines) is 1. The number of anilines is 1. The molecule has 2 aliphatic heterocycles. The summed E-state index contributed by atoms with van der Waals surface area (Å²) in [7, 11) is 0. The summed E-state index contributed by atoms with van der Waals surface area (Å²) in [6.07, 6.45) is 6.36. The summed E-state index contributed by atoms with van der Waals surface area (Å²) in [5.41, 5.74) is 0. The Bertz CT molecular complexity index is 866. The lowest BCUT2D eigenvalue weighted by Gasteiger charge is -2.37. The summed E-state index contributed by atoms with van der Waals surface area (Å²) in [5.74, 6) is 0.309. The molecule has 2 bridgehead atoms. The number of imide groups is 1. The van der Waals surface area contributed by atoms with Gasteiger partial charge in [-0.05, 0) is 30.4 Å². The molecule has 4 aliphatic rings. The SMILES string of the molecule is CC(=O)OC(CN1CCN(c2ccccn2)CC1)CN1C(=O)C2C3C=CC(C3)C2C1=O. The van der Waals surface area contributed by atoms with E-state index in [1.165, 1.54) is 11.8 Å². The van der Waals surface area contributed by atoms with Crippen LogP contribution in [-0.4, -0.2) is 77.9 Å². The van der Waals surface area contributed by atoms with Gasteiger partial charge >= 0.3 is 5.97 Å². The molecule has 2 amide bonds. The maximum absolute atomic E-state index is 13.0. The minimum Gasteiger partial charge on any atom is -0.459 e. The lowest BCUT2D eigenvalue weighted by molar-refractivity contribution is -0.153. The maximum Gasteiger partial charge on any atom is 0.303 e. The monoisotopic (exact) mass is 424 g/mol. The number of ether oxygens (including phenoxy) is 1. The van der Waals surface area contributed by atoms with Gasteiger partial charge in [0.05, 0.1) is 18.4 Å². The van der Waals surface area contributed by atoms with Gasteiger partial charge < -0.3 is 9.64 Å². The van der Waals surface area contributed by atoms with Gasteiger partial charge in [0.15, 0.2) is 0 Å². The van der Waals surface area contributed by atoms with E-state index < -0.39 is 12.1 Å². The standard InChI is InChI=1S/C23H28N4O4/c1-15(28)31-18(13-25-8-10-26(11-9-25)19-4-2-3-7-24-19)14-27-22(29)20-16-5-6-17(12-16)21(20)23(27)30/h2-7,16-18,20-21H,8-14H2,1H3. The van der Waals surface area contributed by atoms with E-state index in [4.69, 9.17) is 4.74 Å². The fourth-order valence-corrected chi connectivity index (χ4v) is 5.70. The molecule has 164 valence electrons. The Morgan fingerprint density at radius 2 is 1.74 bits per heavy atom. The van der Waals surface area contributed by atoms with Crippen molar-refractivity contribution >= 4 is 23.6 Å². The molecule has 8 nitrogen and oxygen atoms in total. The average molecular weight is 425 g/mol. The molecular weight excluding hydrogens is 396 g/mol. The number of amides is 2. The molecule has 5 rings (SSSR count). The molecule has 2 aliphatic carbocycles. The zero-order valence-electron chi connectivity index (χ0n) is 17.7. The van der Waals surface area contributed by atoms with Crippen molar-refractivity contribution < 1.29 is 19.1 Å². The van der Waals surface area contributed by atoms with E-state index in [1.54, 1.807) is 6.20 Å². The third-order valence-electron chi connectivity index (χ3n) is 7.09. The molecule has 8 heteroatoms. The van der Waals surface area contributed by atoms with Crippen LogP contribution in [0.5, 0.6) is 0 Å². The van der Waals surface area contributed by atoms with Gasteiger partial charge in [0.1, 0.15) is 11.9 Å². The van der Waals surface area contributed by atoms with Crippen molar-refractivity contribution in [2.24, 2.45) is 23.7 Å². The lowest BCUT2D eigenvalue weighted by Crippen LogP contribution is -2.51. The smallest absolute Gasteiger partial charge is 0.303 e. The van der Waals surface area contributed by atoms with E-state index in [2.05, 4.69) is 26.9 Å². The number of rotatable bonds is 6. The van der Waals surface area contributed by atoms with Gasteiger partial charge in [-0.3, -0.25) is 24.2 Å². The van der Waals surface area contributed by atoms with Crippen LogP contribution in [0.25, 0.3) is 0 Å². The van der Waals surface area contributed by atoms with Crippen LogP contribution >= 0.6 is 0 Å². The van der Waals surface area contributed by atoms with Gasteiger partial charge in [-0.15, -0.1) is 0 Å². The molecule has 0 radical (unpaired) electrons. The summed E-state index contributed by atoms with van der Waals surface area (Å²) in [6.45, 7) is 5.27. The van der Waals surface area contributed by atoms with E-state index in [0.29, 0.717) is 6.54 Å². The lowest BCUT2D eigenvalue weighted by atomic mass is 9.85. The van der Waals surface area contributed by atoms with Crippen molar-refractivity contribution in [2.45, 2.75) is 19.4 Å². The summed E-state index contributed by atoms with van der Waals surface area (Å²) in [6, 6.07) is 5.88. The number of carbonyl (C=O) groups is 3. The van der Waals surface area contributed by atoms with Crippen LogP contribution < -0.4 is 4.90 Å². The van der Waals surface area contributed by atoms with Gasteiger partial charge in [-0.25, -0.2) is 4.98 Å². The number of piperazine rings is 1. The molecule has 0 spiro atoms. The minimum atomic E-state index is -0.517. The largest absolute Gasteiger partial charge is 0.459 e. The fraction of sp³-hybridized carbons (Fsp3) is 0.565. The zero-order chi connectivity index (χ0) is 21.5. The summed E-state index contributed by atoms with van der Waals surface area (Å²) >= 11 is 0. The van der Waals surface area contributed by atoms with Crippen LogP contribution in [0, 0.1) is 23.7 Å². The maximum atomic E-state index is 13.0. The first kappa shape index (κ1) is 20.2. The predicted molar refractivity (Wildman–Crippen MR) is 113 cm³/mol. The second kappa shape index (κ2) is 8.07. The number of hydrogen-bond donors (Lipinski definition) is 0. The molecule has 0 N–H and O–H groups in total. The number of esters is 1. The number of aromatic nitrogens is 1. The van der Waals surface area contributed by atoms with E-state index in [9.17, 15) is 14.4 Å². The third kappa shape index (κ3) is 3.73. The first-order valence-corrected chi connectivity index (χ1v) is 11.1. The number of fused-ring (bicyclic) bond motifs is 5. The highest BCUT2D eigenvalue weighted by molar-refractivity contribution is 6.06. The van der Waals surface area contributed by atoms with Crippen molar-refractivity contribution in [1.29, 1.82) is 0 Å². The number of hydrogen-bond acceptors (Lipinski definition) is 7. The molecule has 1 aromatic rings. The molecule has 1 saturated carbocycles. The highest BCUT2D eigenvalue weighted by atomic mass is 16.5. The van der Waals surface area contributed by atoms with Crippen LogP contribution in [0.15, 0.2) is 36.5 Å². The van der Waals surface area contributed by atoms with Gasteiger partial charge in [-0.1, -0.05) is 18.2 Å². The molecule has 3 fully saturated rings. The number of pyridine rings is 1. The highest BCUT2D eigenvalue weighted by Crippen LogP contribution is 2.52. The van der Waals surface area contributed by atoms with Crippen LogP contribution in [0.2, 0.25) is 0 Å². The van der Waals surface area contributed by atoms with Gasteiger partial charge in [0, 0.05) is 45.8 Å². The minimum absolute atomic E-state index is 0.0935. The Morgan fingerprint density at radius 3 is 2.32 bits per heavy atom. The predicted octanol–water partition coefficient (Wildman–Crippen LogP) is 0.942. The van der Waals surface area contributed by atoms with E-state index in [1.807, 2.05) is 18.2 Å². The molecule has 1 aromatic heterocycles. The molecule has 0 aromatic carbocycles. The number of allylic oxidation sites excluding steroid dienone is 2. The topological polar surface area (TPSA) is 83.1 Å². The Kier molecular flexibility index (Phi) is 5.25. The quantitative estimate of drug-likeness (QED) is 0.382. The molecule has 2 saturated heterocycles. The summed E-state index contributed by atoms with van der Waals surface area (Å²) in [4.78, 5) is 48.0. The Hall–Kier alpha value is -2.74. The van der Waals surface area contributed by atoms with E-state index in [-0.39, 0.29) is 42.0 Å². The Balaban J connectivity index is 1.21. The molecule has 3 heterocycles. The second-order valence-corrected chi connectivity index (χ2v) is 8.99. The van der Waals surface area contributed by atoms with Crippen molar-refractivity contribution in [3.8, 4) is 0 Å². The van der Waals surface area contributed by atoms with Crippen LogP contribution in [0.1, 0.15) is 13.3 Å². The average Bonchev–Trinajstić information content (AvgIpc) is 3.45. The first-order valence-electron chi connectivity index (χ1n) is 11.1. The van der Waals surface area contributed by atoms with Crippen LogP contribution in [0.3, 0.4) is 0 Å². The normalized spacial score (nSPS) is 30.7. The van der Waals surface area contributed by atoms with Crippen LogP contribution in [-0.2, 0) is 19.1 Å². The van der Waals surface area contributed by atoms with Crippen molar-refractivity contribution in [3.63, 3.8) is 0 Å². The molecule has 5 unspecified atom stereocenters. The molecule has 31 heavy (non-hydrogen) atoms. The van der Waals surface area contributed by atoms with Crippen molar-refractivity contribution in [2.75, 3.05) is 44.2 Å². The number of carbonyl (C=O) groups excluding carboxylic acids is 3. The van der Waals surface area contributed by atoms with Gasteiger partial charge in [-0.2, -0.15) is 0 Å². The molecule has 5 atom stereocenters. The van der Waals surface area contributed by atoms with E-state index in [0.717, 1.165) is 38.4 Å². The fourth-order valence-electron chi connectivity index (χ4n) is 5.70. The van der Waals surface area contributed by atoms with Crippen molar-refractivity contribution in [1.82, 2.24) is 14.8 Å². The Morgan fingerprint density at radius 1 is 1.06 bits per heavy atom. The first-order chi connectivity index (χ1) is 15.0. The zero-order valence-corrected chi connectivity index (χ0v) is 17.7. The van der Waals surface area contributed by atoms with E-state index >= 15 is 0 Å².